The molecule has 1 fully saturated rings. The molecule has 1 aliphatic rings. The molecule has 3 rings (SSSR count). The number of carbonyl (C=O) groups is 1. The highest BCUT2D eigenvalue weighted by atomic mass is 16.2. The largest absolute Gasteiger partial charge is 0.338 e. The van der Waals surface area contributed by atoms with Gasteiger partial charge >= 0.3 is 6.03 Å². The van der Waals surface area contributed by atoms with Gasteiger partial charge in [-0.05, 0) is 44.9 Å². The molecule has 0 bridgehead atoms. The second-order valence-electron chi connectivity index (χ2n) is 6.89. The van der Waals surface area contributed by atoms with Gasteiger partial charge < -0.3 is 10.6 Å². The summed E-state index contributed by atoms with van der Waals surface area (Å²) in [6.45, 7) is 7.61. The molecule has 128 valence electrons. The van der Waals surface area contributed by atoms with E-state index in [2.05, 4.69) is 39.8 Å². The molecule has 2 heterocycles. The lowest BCUT2D eigenvalue weighted by atomic mass is 10.1. The van der Waals surface area contributed by atoms with Gasteiger partial charge in [0, 0.05) is 31.1 Å². The Morgan fingerprint density at radius 1 is 1.29 bits per heavy atom. The number of amides is 2. The molecule has 1 aromatic carbocycles. The predicted octanol–water partition coefficient (Wildman–Crippen LogP) is 2.76. The van der Waals surface area contributed by atoms with Crippen LogP contribution in [-0.4, -0.2) is 41.6 Å². The maximum Gasteiger partial charge on any atom is 0.314 e. The highest BCUT2D eigenvalue weighted by molar-refractivity contribution is 5.78. The van der Waals surface area contributed by atoms with Crippen LogP contribution in [0.15, 0.2) is 36.4 Å². The van der Waals surface area contributed by atoms with Gasteiger partial charge in [0.05, 0.1) is 11.2 Å². The molecule has 0 aliphatic carbocycles. The average molecular weight is 326 g/mol. The molecule has 24 heavy (non-hydrogen) atoms. The van der Waals surface area contributed by atoms with E-state index in [9.17, 15) is 4.79 Å². The van der Waals surface area contributed by atoms with Crippen molar-refractivity contribution in [2.45, 2.75) is 32.9 Å². The van der Waals surface area contributed by atoms with Crippen LogP contribution in [-0.2, 0) is 6.54 Å². The summed E-state index contributed by atoms with van der Waals surface area (Å²) >= 11 is 0. The number of nitrogens with zero attached hydrogens (tertiary/aromatic N) is 2. The first-order chi connectivity index (χ1) is 11.6. The van der Waals surface area contributed by atoms with Gasteiger partial charge in [0.1, 0.15) is 0 Å². The Bertz CT molecular complexity index is 701. The third-order valence-electron chi connectivity index (χ3n) is 4.38. The van der Waals surface area contributed by atoms with E-state index < -0.39 is 0 Å². The van der Waals surface area contributed by atoms with E-state index in [0.717, 1.165) is 43.8 Å². The third kappa shape index (κ3) is 4.45. The molecule has 0 spiro atoms. The lowest BCUT2D eigenvalue weighted by molar-refractivity contribution is 0.236. The molecule has 0 radical (unpaired) electrons. The number of para-hydroxylation sites is 1. The zero-order chi connectivity index (χ0) is 16.9. The number of nitrogens with one attached hydrogen (secondary N) is 2. The van der Waals surface area contributed by atoms with Gasteiger partial charge in [0.25, 0.3) is 0 Å². The molecular weight excluding hydrogens is 300 g/mol. The number of aromatic nitrogens is 1. The molecule has 1 aromatic heterocycles. The number of rotatable bonds is 5. The zero-order valence-corrected chi connectivity index (χ0v) is 14.5. The van der Waals surface area contributed by atoms with Crippen molar-refractivity contribution in [1.29, 1.82) is 0 Å². The van der Waals surface area contributed by atoms with E-state index in [-0.39, 0.29) is 12.1 Å². The lowest BCUT2D eigenvalue weighted by Crippen LogP contribution is -2.41. The van der Waals surface area contributed by atoms with Gasteiger partial charge in [-0.25, -0.2) is 4.79 Å². The van der Waals surface area contributed by atoms with E-state index in [1.807, 2.05) is 26.0 Å². The summed E-state index contributed by atoms with van der Waals surface area (Å²) in [6, 6.07) is 12.6. The number of likely N-dealkylation sites (tertiary alicyclic amines) is 1. The minimum Gasteiger partial charge on any atom is -0.338 e. The van der Waals surface area contributed by atoms with E-state index in [4.69, 9.17) is 4.98 Å². The molecule has 5 nitrogen and oxygen atoms in total. The highest BCUT2D eigenvalue weighted by Gasteiger charge is 2.23. The monoisotopic (exact) mass is 326 g/mol. The topological polar surface area (TPSA) is 57.3 Å². The molecule has 1 atom stereocenters. The van der Waals surface area contributed by atoms with Gasteiger partial charge in [-0.15, -0.1) is 0 Å². The quantitative estimate of drug-likeness (QED) is 0.888. The Kier molecular flexibility index (Phi) is 5.30. The fourth-order valence-corrected chi connectivity index (χ4v) is 3.20. The second kappa shape index (κ2) is 7.62. The Morgan fingerprint density at radius 3 is 2.96 bits per heavy atom. The first-order valence-electron chi connectivity index (χ1n) is 8.71. The van der Waals surface area contributed by atoms with Crippen LogP contribution < -0.4 is 10.6 Å². The van der Waals surface area contributed by atoms with Crippen LogP contribution in [0.5, 0.6) is 0 Å². The molecule has 5 heteroatoms. The van der Waals surface area contributed by atoms with E-state index in [1.54, 1.807) is 0 Å². The van der Waals surface area contributed by atoms with Gasteiger partial charge in [0.15, 0.2) is 0 Å². The van der Waals surface area contributed by atoms with Crippen LogP contribution in [0.4, 0.5) is 4.79 Å². The summed E-state index contributed by atoms with van der Waals surface area (Å²) in [5.41, 5.74) is 2.16. The highest BCUT2D eigenvalue weighted by Crippen LogP contribution is 2.19. The van der Waals surface area contributed by atoms with Gasteiger partial charge in [-0.2, -0.15) is 0 Å². The van der Waals surface area contributed by atoms with Crippen molar-refractivity contribution in [3.8, 4) is 0 Å². The number of carbonyl (C=O) groups excluding carboxylic acids is 1. The smallest absolute Gasteiger partial charge is 0.314 e. The van der Waals surface area contributed by atoms with Crippen LogP contribution in [0.1, 0.15) is 26.0 Å². The van der Waals surface area contributed by atoms with Crippen molar-refractivity contribution in [3.63, 3.8) is 0 Å². The van der Waals surface area contributed by atoms with Crippen LogP contribution in [0, 0.1) is 5.92 Å². The lowest BCUT2D eigenvalue weighted by Gasteiger charge is -2.17. The molecule has 2 amide bonds. The first-order valence-corrected chi connectivity index (χ1v) is 8.71. The molecule has 2 aromatic rings. The first kappa shape index (κ1) is 16.7. The molecular formula is C19H26N4O. The minimum absolute atomic E-state index is 0.0698. The fraction of sp³-hybridized carbons (Fsp3) is 0.474. The van der Waals surface area contributed by atoms with Crippen LogP contribution in [0.3, 0.4) is 0 Å². The van der Waals surface area contributed by atoms with Crippen molar-refractivity contribution in [1.82, 2.24) is 20.5 Å². The van der Waals surface area contributed by atoms with Gasteiger partial charge in [-0.3, -0.25) is 9.88 Å². The molecule has 2 N–H and O–H groups in total. The molecule has 1 aliphatic heterocycles. The minimum atomic E-state index is -0.0698. The van der Waals surface area contributed by atoms with Gasteiger partial charge in [-0.1, -0.05) is 24.3 Å². The summed E-state index contributed by atoms with van der Waals surface area (Å²) in [5, 5.41) is 7.01. The van der Waals surface area contributed by atoms with E-state index in [1.165, 1.54) is 5.39 Å². The van der Waals surface area contributed by atoms with Crippen molar-refractivity contribution in [2.24, 2.45) is 5.92 Å². The Labute approximate surface area is 143 Å². The second-order valence-corrected chi connectivity index (χ2v) is 6.89. The third-order valence-corrected chi connectivity index (χ3v) is 4.38. The maximum absolute atomic E-state index is 11.7. The molecule has 1 unspecified atom stereocenters. The number of hydrogen-bond donors (Lipinski definition) is 2. The maximum atomic E-state index is 11.7. The van der Waals surface area contributed by atoms with Crippen LogP contribution in [0.25, 0.3) is 10.9 Å². The Morgan fingerprint density at radius 2 is 2.12 bits per heavy atom. The number of hydrogen-bond acceptors (Lipinski definition) is 3. The van der Waals surface area contributed by atoms with Crippen molar-refractivity contribution < 1.29 is 4.79 Å². The average Bonchev–Trinajstić information content (AvgIpc) is 3.00. The molecule has 0 saturated carbocycles. The fourth-order valence-electron chi connectivity index (χ4n) is 3.20. The van der Waals surface area contributed by atoms with Gasteiger partial charge in [0.2, 0.25) is 0 Å². The normalized spacial score (nSPS) is 18.2. The Balaban J connectivity index is 1.49. The summed E-state index contributed by atoms with van der Waals surface area (Å²) in [7, 11) is 0. The van der Waals surface area contributed by atoms with Crippen molar-refractivity contribution in [2.75, 3.05) is 19.6 Å². The zero-order valence-electron chi connectivity index (χ0n) is 14.5. The van der Waals surface area contributed by atoms with E-state index in [0.29, 0.717) is 5.92 Å². The van der Waals surface area contributed by atoms with Crippen LogP contribution >= 0.6 is 0 Å². The summed E-state index contributed by atoms with van der Waals surface area (Å²) in [6.07, 6.45) is 1.12. The standard InChI is InChI=1S/C19H26N4O/c1-14(2)21-19(24)20-11-15-9-10-23(12-15)13-17-8-7-16-5-3-4-6-18(16)22-17/h3-8,14-15H,9-13H2,1-2H3,(H2,20,21,24). The summed E-state index contributed by atoms with van der Waals surface area (Å²) in [5.74, 6) is 0.517. The summed E-state index contributed by atoms with van der Waals surface area (Å²) < 4.78 is 0. The summed E-state index contributed by atoms with van der Waals surface area (Å²) in [4.78, 5) is 18.8. The van der Waals surface area contributed by atoms with Crippen molar-refractivity contribution in [3.05, 3.63) is 42.1 Å². The van der Waals surface area contributed by atoms with Crippen LogP contribution in [0.2, 0.25) is 0 Å². The Hall–Kier alpha value is -2.14. The number of urea groups is 1. The number of pyridine rings is 1. The van der Waals surface area contributed by atoms with Crippen molar-refractivity contribution >= 4 is 16.9 Å². The molecule has 1 saturated heterocycles. The number of fused-ring (bicyclic) bond motifs is 1. The number of benzene rings is 1. The predicted molar refractivity (Wildman–Crippen MR) is 96.8 cm³/mol. The van der Waals surface area contributed by atoms with E-state index >= 15 is 0 Å². The SMILES string of the molecule is CC(C)NC(=O)NCC1CCN(Cc2ccc3ccccc3n2)C1.